The molecule has 1 fully saturated rings. The second-order valence-electron chi connectivity index (χ2n) is 5.98. The van der Waals surface area contributed by atoms with Crippen LogP contribution in [-0.2, 0) is 10.0 Å². The van der Waals surface area contributed by atoms with Crippen molar-refractivity contribution in [3.05, 3.63) is 29.8 Å². The molecule has 5 nitrogen and oxygen atoms in total. The number of likely N-dealkylation sites (tertiary alicyclic amines) is 1. The lowest BCUT2D eigenvalue weighted by Gasteiger charge is -2.25. The first kappa shape index (κ1) is 17.7. The van der Waals surface area contributed by atoms with Gasteiger partial charge in [-0.05, 0) is 12.1 Å². The third-order valence-electron chi connectivity index (χ3n) is 4.20. The maximum absolute atomic E-state index is 11.7. The van der Waals surface area contributed by atoms with Crippen molar-refractivity contribution in [2.45, 2.75) is 18.9 Å². The number of hydrogen-bond acceptors (Lipinski definition) is 3. The van der Waals surface area contributed by atoms with Crippen molar-refractivity contribution in [2.75, 3.05) is 43.3 Å². The van der Waals surface area contributed by atoms with Gasteiger partial charge in [-0.15, -0.1) is 0 Å². The molecule has 0 amide bonds. The molecule has 0 radical (unpaired) electrons. The first-order valence-corrected chi connectivity index (χ1v) is 10.4. The van der Waals surface area contributed by atoms with E-state index in [0.717, 1.165) is 18.8 Å². The molecule has 0 unspecified atom stereocenters. The molecule has 1 aromatic carbocycles. The smallest absolute Gasteiger partial charge is 0.221 e. The Hall–Kier alpha value is -0.630. The molecule has 1 aliphatic heterocycles. The highest BCUT2D eigenvalue weighted by Gasteiger charge is 2.28. The first-order valence-electron chi connectivity index (χ1n) is 7.58. The molecule has 0 bridgehead atoms. The van der Waals surface area contributed by atoms with Gasteiger partial charge in [-0.25, -0.2) is 13.1 Å². The average Bonchev–Trinajstić information content (AvgIpc) is 3.02. The van der Waals surface area contributed by atoms with Gasteiger partial charge in [-0.1, -0.05) is 28.1 Å². The Morgan fingerprint density at radius 3 is 2.32 bits per heavy atom. The van der Waals surface area contributed by atoms with Gasteiger partial charge in [0.1, 0.15) is 10.7 Å². The second-order valence-corrected chi connectivity index (χ2v) is 9.09. The number of benzene rings is 1. The maximum atomic E-state index is 11.7. The molecular formula is C15H25BrN3O2S+. The van der Waals surface area contributed by atoms with E-state index in [9.17, 15) is 8.42 Å². The number of quaternary nitrogens is 1. The summed E-state index contributed by atoms with van der Waals surface area (Å²) >= 11 is 3.02. The summed E-state index contributed by atoms with van der Waals surface area (Å²) in [5, 5.41) is 0. The number of nitrogens with one attached hydrogen (secondary N) is 2. The minimum atomic E-state index is -3.23. The zero-order chi connectivity index (χ0) is 16.2. The van der Waals surface area contributed by atoms with Crippen LogP contribution in [0.3, 0.4) is 0 Å². The predicted octanol–water partition coefficient (Wildman–Crippen LogP) is 0.744. The fourth-order valence-electron chi connectivity index (χ4n) is 2.93. The van der Waals surface area contributed by atoms with Crippen LogP contribution in [0.5, 0.6) is 0 Å². The van der Waals surface area contributed by atoms with Crippen molar-refractivity contribution in [3.63, 3.8) is 0 Å². The second kappa shape index (κ2) is 7.77. The van der Waals surface area contributed by atoms with E-state index in [1.54, 1.807) is 0 Å². The summed E-state index contributed by atoms with van der Waals surface area (Å²) in [5.74, 6) is 0. The van der Waals surface area contributed by atoms with E-state index in [-0.39, 0.29) is 10.7 Å². The summed E-state index contributed by atoms with van der Waals surface area (Å²) in [5.41, 5.74) is 2.35. The summed E-state index contributed by atoms with van der Waals surface area (Å²) in [6.07, 6.45) is 2.43. The van der Waals surface area contributed by atoms with E-state index in [1.165, 1.54) is 23.3 Å². The molecule has 1 saturated heterocycles. The number of hydrogen-bond donors (Lipinski definition) is 2. The zero-order valence-electron chi connectivity index (χ0n) is 13.2. The van der Waals surface area contributed by atoms with Crippen LogP contribution in [-0.4, -0.2) is 46.8 Å². The van der Waals surface area contributed by atoms with Gasteiger partial charge in [0, 0.05) is 38.2 Å². The Kier molecular flexibility index (Phi) is 6.26. The molecular weight excluding hydrogens is 366 g/mol. The normalized spacial score (nSPS) is 17.6. The van der Waals surface area contributed by atoms with E-state index in [2.05, 4.69) is 49.8 Å². The van der Waals surface area contributed by atoms with E-state index in [1.807, 2.05) is 14.1 Å². The van der Waals surface area contributed by atoms with Gasteiger partial charge in [-0.2, -0.15) is 0 Å². The number of rotatable bonds is 7. The van der Waals surface area contributed by atoms with Crippen molar-refractivity contribution in [1.29, 1.82) is 0 Å². The Labute approximate surface area is 141 Å². The Balaban J connectivity index is 2.16. The molecule has 0 saturated carbocycles. The van der Waals surface area contributed by atoms with Crippen molar-refractivity contribution in [1.82, 2.24) is 4.72 Å². The molecule has 0 aliphatic carbocycles. The van der Waals surface area contributed by atoms with E-state index in [0.29, 0.717) is 6.54 Å². The number of halogens is 1. The molecule has 2 N–H and O–H groups in total. The Morgan fingerprint density at radius 2 is 1.82 bits per heavy atom. The summed E-state index contributed by atoms with van der Waals surface area (Å²) in [6.45, 7) is 2.66. The Morgan fingerprint density at radius 1 is 1.23 bits per heavy atom. The summed E-state index contributed by atoms with van der Waals surface area (Å²) in [7, 11) is 0.804. The number of anilines is 1. The van der Waals surface area contributed by atoms with Crippen LogP contribution in [0, 0.1) is 0 Å². The summed E-state index contributed by atoms with van der Waals surface area (Å²) in [6, 6.07) is 8.60. The third-order valence-corrected chi connectivity index (χ3v) is 6.90. The van der Waals surface area contributed by atoms with Crippen molar-refractivity contribution in [2.24, 2.45) is 0 Å². The molecule has 7 heteroatoms. The van der Waals surface area contributed by atoms with Crippen LogP contribution in [0.1, 0.15) is 24.4 Å². The lowest BCUT2D eigenvalue weighted by atomic mass is 10.1. The van der Waals surface area contributed by atoms with Crippen molar-refractivity contribution < 1.29 is 13.3 Å². The third kappa shape index (κ3) is 4.68. The van der Waals surface area contributed by atoms with E-state index >= 15 is 0 Å². The van der Waals surface area contributed by atoms with Crippen molar-refractivity contribution >= 4 is 31.6 Å². The van der Waals surface area contributed by atoms with Crippen LogP contribution in [0.2, 0.25) is 0 Å². The van der Waals surface area contributed by atoms with Gasteiger partial charge in [0.2, 0.25) is 10.0 Å². The van der Waals surface area contributed by atoms with Gasteiger partial charge in [0.25, 0.3) is 0 Å². The number of alkyl halides is 1. The quantitative estimate of drug-likeness (QED) is 0.675. The lowest BCUT2D eigenvalue weighted by Crippen LogP contribution is -3.11. The molecule has 1 aromatic rings. The lowest BCUT2D eigenvalue weighted by molar-refractivity contribution is -0.918. The molecule has 1 aliphatic rings. The SMILES string of the molecule is CN(C)c1ccc([C@@H](CNS(=O)(=O)CBr)[NH+]2CCCC2)cc1. The topological polar surface area (TPSA) is 53.9 Å². The predicted molar refractivity (Wildman–Crippen MR) is 94.2 cm³/mol. The molecule has 22 heavy (non-hydrogen) atoms. The molecule has 2 rings (SSSR count). The molecule has 124 valence electrons. The first-order chi connectivity index (χ1) is 10.4. The fourth-order valence-corrected chi connectivity index (χ4v) is 3.91. The van der Waals surface area contributed by atoms with Gasteiger partial charge in [-0.3, -0.25) is 0 Å². The van der Waals surface area contributed by atoms with Crippen molar-refractivity contribution in [3.8, 4) is 0 Å². The monoisotopic (exact) mass is 390 g/mol. The van der Waals surface area contributed by atoms with Crippen LogP contribution >= 0.6 is 15.9 Å². The van der Waals surface area contributed by atoms with Gasteiger partial charge in [0.15, 0.2) is 0 Å². The van der Waals surface area contributed by atoms with Crippen LogP contribution in [0.4, 0.5) is 5.69 Å². The summed E-state index contributed by atoms with van der Waals surface area (Å²) < 4.78 is 26.1. The number of sulfonamides is 1. The fraction of sp³-hybridized carbons (Fsp3) is 0.600. The van der Waals surface area contributed by atoms with Gasteiger partial charge < -0.3 is 9.80 Å². The van der Waals surface area contributed by atoms with Crippen LogP contribution in [0.25, 0.3) is 0 Å². The van der Waals surface area contributed by atoms with Crippen LogP contribution in [0.15, 0.2) is 24.3 Å². The van der Waals surface area contributed by atoms with E-state index in [4.69, 9.17) is 0 Å². The zero-order valence-corrected chi connectivity index (χ0v) is 15.6. The molecule has 1 heterocycles. The number of nitrogens with zero attached hydrogens (tertiary/aromatic N) is 1. The standard InChI is InChI=1S/C15H24BrN3O2S/c1-18(2)14-7-5-13(6-8-14)15(19-9-3-4-10-19)11-17-22(20,21)12-16/h5-8,15,17H,3-4,9-12H2,1-2H3/p+1/t15-/m1/s1. The summed E-state index contributed by atoms with van der Waals surface area (Å²) in [4.78, 5) is 3.53. The van der Waals surface area contributed by atoms with Crippen LogP contribution < -0.4 is 14.5 Å². The maximum Gasteiger partial charge on any atom is 0.221 e. The molecule has 1 atom stereocenters. The molecule has 0 spiro atoms. The minimum absolute atomic E-state index is 0.0539. The minimum Gasteiger partial charge on any atom is -0.378 e. The Bertz CT molecular complexity index is 569. The van der Waals surface area contributed by atoms with E-state index < -0.39 is 10.0 Å². The van der Waals surface area contributed by atoms with Gasteiger partial charge >= 0.3 is 0 Å². The highest BCUT2D eigenvalue weighted by atomic mass is 79.9. The molecule has 0 aromatic heterocycles. The highest BCUT2D eigenvalue weighted by molar-refractivity contribution is 9.10. The largest absolute Gasteiger partial charge is 0.378 e. The average molecular weight is 391 g/mol. The highest BCUT2D eigenvalue weighted by Crippen LogP contribution is 2.17. The van der Waals surface area contributed by atoms with Gasteiger partial charge in [0.05, 0.1) is 19.6 Å².